The van der Waals surface area contributed by atoms with E-state index in [4.69, 9.17) is 4.74 Å². The summed E-state index contributed by atoms with van der Waals surface area (Å²) in [5, 5.41) is 0. The first-order valence-electron chi connectivity index (χ1n) is 6.78. The van der Waals surface area contributed by atoms with Crippen molar-refractivity contribution in [3.63, 3.8) is 0 Å². The molecule has 1 heterocycles. The second kappa shape index (κ2) is 5.88. The summed E-state index contributed by atoms with van der Waals surface area (Å²) >= 11 is 3.33. The highest BCUT2D eigenvalue weighted by molar-refractivity contribution is 9.10. The number of nitrogens with zero attached hydrogens (tertiary/aromatic N) is 1. The number of fused-ring (bicyclic) bond motifs is 1. The van der Waals surface area contributed by atoms with Crippen molar-refractivity contribution in [2.75, 3.05) is 18.1 Å². The molecule has 0 aliphatic carbocycles. The van der Waals surface area contributed by atoms with Crippen LogP contribution in [0.15, 0.2) is 46.9 Å². The fraction of sp³-hybridized carbons (Fsp3) is 0.188. The Morgan fingerprint density at radius 1 is 1.13 bits per heavy atom. The smallest absolute Gasteiger partial charge is 0.416 e. The first kappa shape index (κ1) is 15.9. The zero-order valence-electron chi connectivity index (χ0n) is 11.7. The number of ether oxygens (including phenoxy) is 1. The van der Waals surface area contributed by atoms with Gasteiger partial charge in [-0.05, 0) is 42.5 Å². The Kier molecular flexibility index (Phi) is 4.06. The molecule has 0 bridgehead atoms. The van der Waals surface area contributed by atoms with Crippen molar-refractivity contribution in [2.24, 2.45) is 0 Å². The fourth-order valence-electron chi connectivity index (χ4n) is 2.36. The van der Waals surface area contributed by atoms with Crippen LogP contribution < -0.4 is 9.64 Å². The van der Waals surface area contributed by atoms with Gasteiger partial charge in [-0.2, -0.15) is 13.2 Å². The van der Waals surface area contributed by atoms with Gasteiger partial charge in [0.25, 0.3) is 5.91 Å². The summed E-state index contributed by atoms with van der Waals surface area (Å²) < 4.78 is 44.1. The molecule has 120 valence electrons. The molecule has 1 aliphatic rings. The van der Waals surface area contributed by atoms with E-state index in [9.17, 15) is 18.0 Å². The third-order valence-corrected chi connectivity index (χ3v) is 3.98. The zero-order valence-corrected chi connectivity index (χ0v) is 13.3. The summed E-state index contributed by atoms with van der Waals surface area (Å²) in [6, 6.07) is 9.48. The van der Waals surface area contributed by atoms with Crippen LogP contribution in [0.2, 0.25) is 0 Å². The van der Waals surface area contributed by atoms with Gasteiger partial charge in [0, 0.05) is 10.0 Å². The first-order valence-corrected chi connectivity index (χ1v) is 7.57. The van der Waals surface area contributed by atoms with Crippen molar-refractivity contribution in [3.05, 3.63) is 58.1 Å². The zero-order chi connectivity index (χ0) is 16.6. The van der Waals surface area contributed by atoms with Gasteiger partial charge >= 0.3 is 6.18 Å². The number of alkyl halides is 3. The molecule has 0 fully saturated rings. The van der Waals surface area contributed by atoms with Crippen LogP contribution in [0.3, 0.4) is 0 Å². The van der Waals surface area contributed by atoms with E-state index in [2.05, 4.69) is 15.9 Å². The summed E-state index contributed by atoms with van der Waals surface area (Å²) in [6.07, 6.45) is -4.42. The molecule has 0 radical (unpaired) electrons. The Balaban J connectivity index is 1.90. The Bertz CT molecular complexity index is 744. The second-order valence-electron chi connectivity index (χ2n) is 4.99. The Labute approximate surface area is 138 Å². The monoisotopic (exact) mass is 385 g/mol. The summed E-state index contributed by atoms with van der Waals surface area (Å²) in [6.45, 7) is 0.671. The Morgan fingerprint density at radius 3 is 2.48 bits per heavy atom. The van der Waals surface area contributed by atoms with Gasteiger partial charge in [0.1, 0.15) is 12.4 Å². The van der Waals surface area contributed by atoms with E-state index in [1.54, 1.807) is 18.2 Å². The first-order chi connectivity index (χ1) is 10.9. The number of carbonyl (C=O) groups excluding carboxylic acids is 1. The fourth-order valence-corrected chi connectivity index (χ4v) is 2.70. The van der Waals surface area contributed by atoms with Crippen molar-refractivity contribution in [3.8, 4) is 5.75 Å². The summed E-state index contributed by atoms with van der Waals surface area (Å²) in [5.41, 5.74) is 0.0264. The molecular weight excluding hydrogens is 375 g/mol. The maximum Gasteiger partial charge on any atom is 0.416 e. The Morgan fingerprint density at radius 2 is 1.83 bits per heavy atom. The van der Waals surface area contributed by atoms with E-state index >= 15 is 0 Å². The quantitative estimate of drug-likeness (QED) is 0.722. The average molecular weight is 386 g/mol. The van der Waals surface area contributed by atoms with Crippen LogP contribution in [0, 0.1) is 0 Å². The van der Waals surface area contributed by atoms with Crippen molar-refractivity contribution in [1.82, 2.24) is 0 Å². The second-order valence-corrected chi connectivity index (χ2v) is 5.91. The predicted molar refractivity (Wildman–Crippen MR) is 82.8 cm³/mol. The molecule has 0 unspecified atom stereocenters. The molecule has 0 saturated heterocycles. The number of hydrogen-bond donors (Lipinski definition) is 0. The average Bonchev–Trinajstić information content (AvgIpc) is 2.52. The van der Waals surface area contributed by atoms with E-state index in [1.165, 1.54) is 17.0 Å². The number of amides is 1. The molecular formula is C16H11BrF3NO2. The maximum atomic E-state index is 12.6. The lowest BCUT2D eigenvalue weighted by Crippen LogP contribution is -2.37. The molecule has 7 heteroatoms. The molecule has 23 heavy (non-hydrogen) atoms. The lowest BCUT2D eigenvalue weighted by atomic mass is 10.1. The molecule has 1 aliphatic heterocycles. The molecule has 2 aromatic rings. The molecule has 3 rings (SSSR count). The van der Waals surface area contributed by atoms with Crippen LogP contribution in [-0.4, -0.2) is 19.1 Å². The highest BCUT2D eigenvalue weighted by atomic mass is 79.9. The molecule has 0 aromatic heterocycles. The van der Waals surface area contributed by atoms with Crippen molar-refractivity contribution >= 4 is 27.5 Å². The number of halogens is 4. The number of hydrogen-bond acceptors (Lipinski definition) is 2. The number of anilines is 1. The van der Waals surface area contributed by atoms with Gasteiger partial charge in [-0.3, -0.25) is 4.79 Å². The lowest BCUT2D eigenvalue weighted by Gasteiger charge is -2.29. The van der Waals surface area contributed by atoms with Gasteiger partial charge in [0.05, 0.1) is 17.8 Å². The van der Waals surface area contributed by atoms with E-state index in [0.29, 0.717) is 24.6 Å². The van der Waals surface area contributed by atoms with Crippen LogP contribution in [0.4, 0.5) is 18.9 Å². The van der Waals surface area contributed by atoms with Crippen molar-refractivity contribution in [1.29, 1.82) is 0 Å². The van der Waals surface area contributed by atoms with Crippen LogP contribution in [-0.2, 0) is 6.18 Å². The van der Waals surface area contributed by atoms with Crippen LogP contribution >= 0.6 is 15.9 Å². The normalized spacial score (nSPS) is 14.2. The van der Waals surface area contributed by atoms with E-state index in [-0.39, 0.29) is 11.5 Å². The third kappa shape index (κ3) is 3.19. The highest BCUT2D eigenvalue weighted by Crippen LogP contribution is 2.35. The van der Waals surface area contributed by atoms with Crippen LogP contribution in [0.25, 0.3) is 0 Å². The van der Waals surface area contributed by atoms with Gasteiger partial charge in [-0.1, -0.05) is 15.9 Å². The van der Waals surface area contributed by atoms with Gasteiger partial charge in [0.15, 0.2) is 0 Å². The lowest BCUT2D eigenvalue weighted by molar-refractivity contribution is -0.137. The van der Waals surface area contributed by atoms with Crippen LogP contribution in [0.1, 0.15) is 15.9 Å². The predicted octanol–water partition coefficient (Wildman–Crippen LogP) is 4.51. The summed E-state index contributed by atoms with van der Waals surface area (Å²) in [4.78, 5) is 14.1. The molecule has 0 spiro atoms. The molecule has 0 N–H and O–H groups in total. The van der Waals surface area contributed by atoms with Gasteiger partial charge in [-0.25, -0.2) is 0 Å². The minimum atomic E-state index is -4.42. The number of rotatable bonds is 1. The van der Waals surface area contributed by atoms with Crippen molar-refractivity contribution < 1.29 is 22.7 Å². The molecule has 2 aromatic carbocycles. The van der Waals surface area contributed by atoms with E-state index in [1.807, 2.05) is 0 Å². The van der Waals surface area contributed by atoms with Gasteiger partial charge < -0.3 is 9.64 Å². The largest absolute Gasteiger partial charge is 0.489 e. The van der Waals surface area contributed by atoms with Crippen LogP contribution in [0.5, 0.6) is 5.75 Å². The Hall–Kier alpha value is -2.02. The highest BCUT2D eigenvalue weighted by Gasteiger charge is 2.31. The SMILES string of the molecule is O=C(c1ccc(C(F)(F)F)cc1)N1CCOc2cc(Br)ccc21. The maximum absolute atomic E-state index is 12.6. The summed E-state index contributed by atoms with van der Waals surface area (Å²) in [5.74, 6) is 0.205. The third-order valence-electron chi connectivity index (χ3n) is 3.49. The minimum Gasteiger partial charge on any atom is -0.489 e. The minimum absolute atomic E-state index is 0.203. The number of benzene rings is 2. The standard InChI is InChI=1S/C16H11BrF3NO2/c17-12-5-6-13-14(9-12)23-8-7-21(13)15(22)10-1-3-11(4-2-10)16(18,19)20/h1-6,9H,7-8H2. The van der Waals surface area contributed by atoms with E-state index < -0.39 is 11.7 Å². The molecule has 1 amide bonds. The van der Waals surface area contributed by atoms with Crippen molar-refractivity contribution in [2.45, 2.75) is 6.18 Å². The van der Waals surface area contributed by atoms with Gasteiger partial charge in [-0.15, -0.1) is 0 Å². The molecule has 0 atom stereocenters. The topological polar surface area (TPSA) is 29.5 Å². The molecule has 3 nitrogen and oxygen atoms in total. The summed E-state index contributed by atoms with van der Waals surface area (Å²) in [7, 11) is 0. The van der Waals surface area contributed by atoms with E-state index in [0.717, 1.165) is 16.6 Å². The van der Waals surface area contributed by atoms with Gasteiger partial charge in [0.2, 0.25) is 0 Å². The number of carbonyl (C=O) groups is 1. The molecule has 0 saturated carbocycles.